The quantitative estimate of drug-likeness (QED) is 0.438. The number of hydrogen-bond acceptors (Lipinski definition) is 3. The first-order valence-corrected chi connectivity index (χ1v) is 8.10. The average molecular weight is 305 g/mol. The van der Waals surface area contributed by atoms with Crippen molar-refractivity contribution in [2.24, 2.45) is 4.99 Å². The molecule has 1 aromatic carbocycles. The fourth-order valence-electron chi connectivity index (χ4n) is 2.48. The monoisotopic (exact) mass is 305 g/mol. The van der Waals surface area contributed by atoms with Gasteiger partial charge in [0, 0.05) is 33.2 Å². The first-order valence-electron chi connectivity index (χ1n) is 8.10. The second kappa shape index (κ2) is 9.30. The van der Waals surface area contributed by atoms with Crippen molar-refractivity contribution < 1.29 is 9.47 Å². The van der Waals surface area contributed by atoms with Crippen LogP contribution in [0.25, 0.3) is 0 Å². The zero-order valence-corrected chi connectivity index (χ0v) is 13.6. The molecule has 1 aliphatic rings. The Hall–Kier alpha value is -1.75. The number of para-hydroxylation sites is 1. The van der Waals surface area contributed by atoms with Crippen LogP contribution in [0.5, 0.6) is 5.75 Å². The van der Waals surface area contributed by atoms with Gasteiger partial charge in [-0.1, -0.05) is 18.2 Å². The van der Waals surface area contributed by atoms with Crippen LogP contribution < -0.4 is 15.4 Å². The lowest BCUT2D eigenvalue weighted by atomic mass is 10.1. The van der Waals surface area contributed by atoms with E-state index in [4.69, 9.17) is 9.47 Å². The van der Waals surface area contributed by atoms with Gasteiger partial charge in [0.1, 0.15) is 11.9 Å². The summed E-state index contributed by atoms with van der Waals surface area (Å²) in [5, 5.41) is 6.65. The number of aliphatic imine (C=N–C) groups is 1. The smallest absolute Gasteiger partial charge is 0.191 e. The minimum atomic E-state index is 0.175. The second-order valence-corrected chi connectivity index (χ2v) is 5.34. The summed E-state index contributed by atoms with van der Waals surface area (Å²) < 4.78 is 11.2. The van der Waals surface area contributed by atoms with Gasteiger partial charge in [0.05, 0.1) is 6.54 Å². The minimum absolute atomic E-state index is 0.175. The van der Waals surface area contributed by atoms with Crippen LogP contribution in [0.4, 0.5) is 0 Å². The van der Waals surface area contributed by atoms with Crippen molar-refractivity contribution in [1.82, 2.24) is 10.6 Å². The van der Waals surface area contributed by atoms with Gasteiger partial charge in [0.2, 0.25) is 0 Å². The molecule has 1 unspecified atom stereocenters. The van der Waals surface area contributed by atoms with Crippen molar-refractivity contribution in [1.29, 1.82) is 0 Å². The van der Waals surface area contributed by atoms with E-state index >= 15 is 0 Å². The Bertz CT molecular complexity index is 452. The molecule has 0 radical (unpaired) electrons. The van der Waals surface area contributed by atoms with E-state index in [9.17, 15) is 0 Å². The molecule has 0 saturated carbocycles. The summed E-state index contributed by atoms with van der Waals surface area (Å²) in [6.45, 7) is 5.30. The van der Waals surface area contributed by atoms with Crippen LogP contribution in [0, 0.1) is 0 Å². The molecule has 5 nitrogen and oxygen atoms in total. The van der Waals surface area contributed by atoms with E-state index in [1.165, 1.54) is 5.56 Å². The maximum Gasteiger partial charge on any atom is 0.191 e. The van der Waals surface area contributed by atoms with Crippen LogP contribution in [0.1, 0.15) is 25.3 Å². The van der Waals surface area contributed by atoms with E-state index in [0.29, 0.717) is 0 Å². The molecule has 2 rings (SSSR count). The maximum absolute atomic E-state index is 5.91. The van der Waals surface area contributed by atoms with Crippen molar-refractivity contribution in [2.75, 3.05) is 33.4 Å². The summed E-state index contributed by atoms with van der Waals surface area (Å²) in [4.78, 5) is 4.24. The molecule has 0 saturated heterocycles. The van der Waals surface area contributed by atoms with E-state index in [1.807, 2.05) is 19.1 Å². The number of hydrogen-bond donors (Lipinski definition) is 2. The molecule has 1 heterocycles. The van der Waals surface area contributed by atoms with Crippen molar-refractivity contribution in [3.8, 4) is 5.75 Å². The Morgan fingerprint density at radius 1 is 1.32 bits per heavy atom. The number of unbranched alkanes of at least 4 members (excludes halogenated alkanes) is 1. The summed E-state index contributed by atoms with van der Waals surface area (Å²) in [5.41, 5.74) is 1.29. The number of nitrogens with one attached hydrogen (secondary N) is 2. The van der Waals surface area contributed by atoms with Crippen LogP contribution >= 0.6 is 0 Å². The van der Waals surface area contributed by atoms with Crippen molar-refractivity contribution in [3.05, 3.63) is 29.8 Å². The molecule has 0 aliphatic carbocycles. The Morgan fingerprint density at radius 3 is 2.95 bits per heavy atom. The molecule has 0 amide bonds. The van der Waals surface area contributed by atoms with Gasteiger partial charge in [0.25, 0.3) is 0 Å². The third-order valence-electron chi connectivity index (χ3n) is 3.65. The largest absolute Gasteiger partial charge is 0.488 e. The first kappa shape index (κ1) is 16.6. The van der Waals surface area contributed by atoms with Crippen molar-refractivity contribution >= 4 is 5.96 Å². The van der Waals surface area contributed by atoms with E-state index in [0.717, 1.165) is 57.3 Å². The molecule has 1 aliphatic heterocycles. The Morgan fingerprint density at radius 2 is 2.18 bits per heavy atom. The van der Waals surface area contributed by atoms with Gasteiger partial charge < -0.3 is 20.1 Å². The number of nitrogens with zero attached hydrogens (tertiary/aromatic N) is 1. The molecule has 0 aromatic heterocycles. The molecule has 0 bridgehead atoms. The number of benzene rings is 1. The molecule has 22 heavy (non-hydrogen) atoms. The van der Waals surface area contributed by atoms with Crippen LogP contribution in [-0.2, 0) is 11.2 Å². The zero-order valence-electron chi connectivity index (χ0n) is 13.6. The SMILES string of the molecule is CCOCCCCNC(=NC)NCC1Cc2ccccc2O1. The van der Waals surface area contributed by atoms with E-state index in [1.54, 1.807) is 7.05 Å². The van der Waals surface area contributed by atoms with Gasteiger partial charge in [-0.15, -0.1) is 0 Å². The lowest BCUT2D eigenvalue weighted by Gasteiger charge is -2.15. The van der Waals surface area contributed by atoms with Gasteiger partial charge >= 0.3 is 0 Å². The van der Waals surface area contributed by atoms with E-state index in [2.05, 4.69) is 27.8 Å². The Labute approximate surface area is 133 Å². The van der Waals surface area contributed by atoms with Gasteiger partial charge in [-0.05, 0) is 31.4 Å². The molecular weight excluding hydrogens is 278 g/mol. The van der Waals surface area contributed by atoms with Gasteiger partial charge in [-0.25, -0.2) is 0 Å². The topological polar surface area (TPSA) is 54.9 Å². The van der Waals surface area contributed by atoms with Gasteiger partial charge in [-0.3, -0.25) is 4.99 Å². The van der Waals surface area contributed by atoms with Crippen LogP contribution in [0.2, 0.25) is 0 Å². The predicted molar refractivity (Wildman–Crippen MR) is 89.7 cm³/mol. The van der Waals surface area contributed by atoms with Gasteiger partial charge in [-0.2, -0.15) is 0 Å². The highest BCUT2D eigenvalue weighted by molar-refractivity contribution is 5.79. The number of rotatable bonds is 8. The molecule has 0 spiro atoms. The van der Waals surface area contributed by atoms with Crippen LogP contribution in [-0.4, -0.2) is 45.4 Å². The lowest BCUT2D eigenvalue weighted by Crippen LogP contribution is -2.42. The average Bonchev–Trinajstić information content (AvgIpc) is 2.96. The highest BCUT2D eigenvalue weighted by atomic mass is 16.5. The maximum atomic E-state index is 5.91. The molecule has 122 valence electrons. The predicted octanol–water partition coefficient (Wildman–Crippen LogP) is 1.97. The molecule has 0 fully saturated rings. The summed E-state index contributed by atoms with van der Waals surface area (Å²) in [6, 6.07) is 8.22. The fourth-order valence-corrected chi connectivity index (χ4v) is 2.48. The standard InChI is InChI=1S/C17H27N3O2/c1-3-21-11-7-6-10-19-17(18-2)20-13-15-12-14-8-4-5-9-16(14)22-15/h4-5,8-9,15H,3,6-7,10-13H2,1-2H3,(H2,18,19,20). The molecule has 5 heteroatoms. The van der Waals surface area contributed by atoms with E-state index in [-0.39, 0.29) is 6.10 Å². The summed E-state index contributed by atoms with van der Waals surface area (Å²) in [6.07, 6.45) is 3.27. The summed E-state index contributed by atoms with van der Waals surface area (Å²) >= 11 is 0. The van der Waals surface area contributed by atoms with Crippen LogP contribution in [0.3, 0.4) is 0 Å². The fraction of sp³-hybridized carbons (Fsp3) is 0.588. The minimum Gasteiger partial charge on any atom is -0.488 e. The van der Waals surface area contributed by atoms with Crippen molar-refractivity contribution in [2.45, 2.75) is 32.3 Å². The third-order valence-corrected chi connectivity index (χ3v) is 3.65. The second-order valence-electron chi connectivity index (χ2n) is 5.34. The molecule has 1 aromatic rings. The number of ether oxygens (including phenoxy) is 2. The first-order chi connectivity index (χ1) is 10.8. The lowest BCUT2D eigenvalue weighted by molar-refractivity contribution is 0.143. The van der Waals surface area contributed by atoms with Gasteiger partial charge in [0.15, 0.2) is 5.96 Å². The normalized spacial score (nSPS) is 17.0. The highest BCUT2D eigenvalue weighted by Gasteiger charge is 2.22. The molecule has 2 N–H and O–H groups in total. The molecular formula is C17H27N3O2. The highest BCUT2D eigenvalue weighted by Crippen LogP contribution is 2.27. The number of fused-ring (bicyclic) bond motifs is 1. The summed E-state index contributed by atoms with van der Waals surface area (Å²) in [7, 11) is 1.79. The van der Waals surface area contributed by atoms with E-state index < -0.39 is 0 Å². The Balaban J connectivity index is 1.61. The number of guanidine groups is 1. The third kappa shape index (κ3) is 5.22. The van der Waals surface area contributed by atoms with Crippen molar-refractivity contribution in [3.63, 3.8) is 0 Å². The molecule has 1 atom stereocenters. The van der Waals surface area contributed by atoms with Crippen LogP contribution in [0.15, 0.2) is 29.3 Å². The Kier molecular flexibility index (Phi) is 7.03. The summed E-state index contributed by atoms with van der Waals surface area (Å²) in [5.74, 6) is 1.84. The zero-order chi connectivity index (χ0) is 15.6.